The summed E-state index contributed by atoms with van der Waals surface area (Å²) in [6.45, 7) is 7.39. The Labute approximate surface area is 127 Å². The molecule has 0 aliphatic carbocycles. The Morgan fingerprint density at radius 1 is 1.00 bits per heavy atom. The standard InChI is InChI=1S/C19H25NO/c1-4-15-8-10-17(11-9-15)19(14(2)3)20-13-16-6-5-7-18(21)12-16/h5-12,14,19-21H,4,13H2,1-3H3. The second-order valence-corrected chi connectivity index (χ2v) is 5.87. The van der Waals surface area contributed by atoms with Gasteiger partial charge in [0.1, 0.15) is 5.75 Å². The topological polar surface area (TPSA) is 32.3 Å². The lowest BCUT2D eigenvalue weighted by atomic mass is 9.94. The molecule has 2 rings (SSSR count). The molecule has 1 unspecified atom stereocenters. The van der Waals surface area contributed by atoms with E-state index in [0.29, 0.717) is 17.7 Å². The second-order valence-electron chi connectivity index (χ2n) is 5.87. The molecule has 0 spiro atoms. The third-order valence-electron chi connectivity index (χ3n) is 3.85. The summed E-state index contributed by atoms with van der Waals surface area (Å²) in [5, 5.41) is 13.1. The van der Waals surface area contributed by atoms with Gasteiger partial charge in [0, 0.05) is 12.6 Å². The summed E-state index contributed by atoms with van der Waals surface area (Å²) in [4.78, 5) is 0. The van der Waals surface area contributed by atoms with Crippen LogP contribution in [0.25, 0.3) is 0 Å². The van der Waals surface area contributed by atoms with Crippen LogP contribution < -0.4 is 5.32 Å². The first-order valence-corrected chi connectivity index (χ1v) is 7.70. The third-order valence-corrected chi connectivity index (χ3v) is 3.85. The SMILES string of the molecule is CCc1ccc(C(NCc2cccc(O)c2)C(C)C)cc1. The molecule has 0 bridgehead atoms. The Bertz CT molecular complexity index is 560. The first-order valence-electron chi connectivity index (χ1n) is 7.70. The van der Waals surface area contributed by atoms with Crippen LogP contribution in [0.5, 0.6) is 5.75 Å². The molecule has 0 fully saturated rings. The van der Waals surface area contributed by atoms with Crippen LogP contribution in [0, 0.1) is 5.92 Å². The van der Waals surface area contributed by atoms with Crippen molar-refractivity contribution in [3.63, 3.8) is 0 Å². The molecular formula is C19H25NO. The minimum Gasteiger partial charge on any atom is -0.508 e. The third kappa shape index (κ3) is 4.33. The monoisotopic (exact) mass is 283 g/mol. The van der Waals surface area contributed by atoms with Gasteiger partial charge < -0.3 is 10.4 Å². The maximum atomic E-state index is 9.53. The molecule has 0 radical (unpaired) electrons. The van der Waals surface area contributed by atoms with E-state index in [2.05, 4.69) is 50.4 Å². The summed E-state index contributed by atoms with van der Waals surface area (Å²) in [6.07, 6.45) is 1.07. The highest BCUT2D eigenvalue weighted by atomic mass is 16.3. The van der Waals surface area contributed by atoms with Crippen molar-refractivity contribution < 1.29 is 5.11 Å². The van der Waals surface area contributed by atoms with Gasteiger partial charge in [0.15, 0.2) is 0 Å². The van der Waals surface area contributed by atoms with Crippen molar-refractivity contribution in [3.8, 4) is 5.75 Å². The van der Waals surface area contributed by atoms with Gasteiger partial charge in [0.2, 0.25) is 0 Å². The fraction of sp³-hybridized carbons (Fsp3) is 0.368. The van der Waals surface area contributed by atoms with Crippen LogP contribution in [0.15, 0.2) is 48.5 Å². The first-order chi connectivity index (χ1) is 10.1. The lowest BCUT2D eigenvalue weighted by Gasteiger charge is -2.23. The Morgan fingerprint density at radius 2 is 1.71 bits per heavy atom. The van der Waals surface area contributed by atoms with Crippen LogP contribution in [0.4, 0.5) is 0 Å². The average Bonchev–Trinajstić information content (AvgIpc) is 2.48. The molecule has 2 aromatic carbocycles. The van der Waals surface area contributed by atoms with Gasteiger partial charge in [-0.2, -0.15) is 0 Å². The van der Waals surface area contributed by atoms with Crippen molar-refractivity contribution >= 4 is 0 Å². The smallest absolute Gasteiger partial charge is 0.115 e. The van der Waals surface area contributed by atoms with Crippen LogP contribution in [0.3, 0.4) is 0 Å². The van der Waals surface area contributed by atoms with E-state index in [-0.39, 0.29) is 0 Å². The quantitative estimate of drug-likeness (QED) is 0.821. The van der Waals surface area contributed by atoms with E-state index < -0.39 is 0 Å². The van der Waals surface area contributed by atoms with Gasteiger partial charge in [-0.3, -0.25) is 0 Å². The number of hydrogen-bond donors (Lipinski definition) is 2. The summed E-state index contributed by atoms with van der Waals surface area (Å²) in [7, 11) is 0. The van der Waals surface area contributed by atoms with E-state index >= 15 is 0 Å². The maximum Gasteiger partial charge on any atom is 0.115 e. The molecule has 2 N–H and O–H groups in total. The van der Waals surface area contributed by atoms with E-state index in [1.54, 1.807) is 6.07 Å². The Hall–Kier alpha value is -1.80. The van der Waals surface area contributed by atoms with E-state index in [1.165, 1.54) is 11.1 Å². The van der Waals surface area contributed by atoms with E-state index in [9.17, 15) is 5.11 Å². The van der Waals surface area contributed by atoms with Crippen molar-refractivity contribution in [1.82, 2.24) is 5.32 Å². The van der Waals surface area contributed by atoms with E-state index in [4.69, 9.17) is 0 Å². The molecule has 2 heteroatoms. The molecule has 0 aromatic heterocycles. The average molecular weight is 283 g/mol. The molecule has 0 saturated carbocycles. The number of aryl methyl sites for hydroxylation is 1. The molecular weight excluding hydrogens is 258 g/mol. The Balaban J connectivity index is 2.08. The van der Waals surface area contributed by atoms with Crippen molar-refractivity contribution in [3.05, 3.63) is 65.2 Å². The highest BCUT2D eigenvalue weighted by Crippen LogP contribution is 2.23. The number of nitrogens with one attached hydrogen (secondary N) is 1. The van der Waals surface area contributed by atoms with Crippen molar-refractivity contribution in [1.29, 1.82) is 0 Å². The number of phenols is 1. The Kier molecular flexibility index (Phi) is 5.40. The molecule has 1 atom stereocenters. The maximum absolute atomic E-state index is 9.53. The summed E-state index contributed by atoms with van der Waals surface area (Å²) in [5.74, 6) is 0.831. The molecule has 0 saturated heterocycles. The lowest BCUT2D eigenvalue weighted by Crippen LogP contribution is -2.25. The van der Waals surface area contributed by atoms with E-state index in [0.717, 1.165) is 18.5 Å². The summed E-state index contributed by atoms with van der Waals surface area (Å²) < 4.78 is 0. The molecule has 21 heavy (non-hydrogen) atoms. The zero-order chi connectivity index (χ0) is 15.2. The summed E-state index contributed by atoms with van der Waals surface area (Å²) in [5.41, 5.74) is 3.79. The van der Waals surface area contributed by atoms with Crippen LogP contribution in [0.2, 0.25) is 0 Å². The van der Waals surface area contributed by atoms with Gasteiger partial charge in [-0.1, -0.05) is 57.2 Å². The fourth-order valence-electron chi connectivity index (χ4n) is 2.59. The minimum atomic E-state index is 0.318. The summed E-state index contributed by atoms with van der Waals surface area (Å²) >= 11 is 0. The van der Waals surface area contributed by atoms with Crippen molar-refractivity contribution in [2.24, 2.45) is 5.92 Å². The molecule has 112 valence electrons. The van der Waals surface area contributed by atoms with Gasteiger partial charge >= 0.3 is 0 Å². The van der Waals surface area contributed by atoms with Crippen LogP contribution >= 0.6 is 0 Å². The molecule has 0 aliphatic heterocycles. The predicted molar refractivity (Wildman–Crippen MR) is 88.3 cm³/mol. The normalized spacial score (nSPS) is 12.6. The number of rotatable bonds is 6. The zero-order valence-corrected chi connectivity index (χ0v) is 13.1. The number of aromatic hydroxyl groups is 1. The van der Waals surface area contributed by atoms with E-state index in [1.807, 2.05) is 18.2 Å². The van der Waals surface area contributed by atoms with Crippen LogP contribution in [0.1, 0.15) is 43.5 Å². The van der Waals surface area contributed by atoms with Crippen molar-refractivity contribution in [2.75, 3.05) is 0 Å². The summed E-state index contributed by atoms with van der Waals surface area (Å²) in [6, 6.07) is 16.6. The zero-order valence-electron chi connectivity index (χ0n) is 13.1. The molecule has 2 aromatic rings. The van der Waals surface area contributed by atoms with Crippen LogP contribution in [-0.2, 0) is 13.0 Å². The van der Waals surface area contributed by atoms with Gasteiger partial charge in [0.25, 0.3) is 0 Å². The highest BCUT2D eigenvalue weighted by Gasteiger charge is 2.15. The largest absolute Gasteiger partial charge is 0.508 e. The van der Waals surface area contributed by atoms with Crippen LogP contribution in [-0.4, -0.2) is 5.11 Å². The number of benzene rings is 2. The predicted octanol–water partition coefficient (Wildman–Crippen LogP) is 4.44. The van der Waals surface area contributed by atoms with Gasteiger partial charge in [-0.05, 0) is 41.2 Å². The number of hydrogen-bond acceptors (Lipinski definition) is 2. The van der Waals surface area contributed by atoms with Gasteiger partial charge in [-0.25, -0.2) is 0 Å². The first kappa shape index (κ1) is 15.6. The molecule has 0 aliphatic rings. The minimum absolute atomic E-state index is 0.318. The Morgan fingerprint density at radius 3 is 2.29 bits per heavy atom. The number of phenolic OH excluding ortho intramolecular Hbond substituents is 1. The fourth-order valence-corrected chi connectivity index (χ4v) is 2.59. The lowest BCUT2D eigenvalue weighted by molar-refractivity contribution is 0.409. The van der Waals surface area contributed by atoms with Crippen molar-refractivity contribution in [2.45, 2.75) is 39.8 Å². The van der Waals surface area contributed by atoms with Gasteiger partial charge in [0.05, 0.1) is 0 Å². The molecule has 0 amide bonds. The van der Waals surface area contributed by atoms with Gasteiger partial charge in [-0.15, -0.1) is 0 Å². The highest BCUT2D eigenvalue weighted by molar-refractivity contribution is 5.28. The second kappa shape index (κ2) is 7.28. The molecule has 0 heterocycles. The molecule has 2 nitrogen and oxygen atoms in total.